The predicted molar refractivity (Wildman–Crippen MR) is 117 cm³/mol. The Hall–Kier alpha value is -2.86. The van der Waals surface area contributed by atoms with Crippen molar-refractivity contribution in [2.24, 2.45) is 0 Å². The first kappa shape index (κ1) is 17.0. The first-order chi connectivity index (χ1) is 14.3. The van der Waals surface area contributed by atoms with Crippen LogP contribution in [0.1, 0.15) is 48.4 Å². The number of H-pyrrole nitrogens is 2. The van der Waals surface area contributed by atoms with Crippen LogP contribution in [0.3, 0.4) is 0 Å². The predicted octanol–water partition coefficient (Wildman–Crippen LogP) is 4.53. The van der Waals surface area contributed by atoms with Crippen molar-refractivity contribution in [1.82, 2.24) is 25.3 Å². The minimum Gasteiger partial charge on any atom is -0.359 e. The van der Waals surface area contributed by atoms with Crippen molar-refractivity contribution in [3.63, 3.8) is 0 Å². The number of nitrogens with one attached hydrogen (secondary N) is 4. The van der Waals surface area contributed by atoms with Crippen LogP contribution in [0.4, 0.5) is 11.5 Å². The number of aromatic nitrogens is 4. The largest absolute Gasteiger partial charge is 0.359 e. The van der Waals surface area contributed by atoms with Crippen LogP contribution in [0, 0.1) is 0 Å². The number of fused-ring (bicyclic) bond motifs is 4. The Morgan fingerprint density at radius 3 is 2.90 bits per heavy atom. The van der Waals surface area contributed by atoms with Crippen molar-refractivity contribution in [1.29, 1.82) is 0 Å². The summed E-state index contributed by atoms with van der Waals surface area (Å²) in [5.74, 6) is 1.45. The molecule has 29 heavy (non-hydrogen) atoms. The quantitative estimate of drug-likeness (QED) is 0.417. The highest BCUT2D eigenvalue weighted by molar-refractivity contribution is 5.85. The van der Waals surface area contributed by atoms with Crippen molar-refractivity contribution in [2.45, 2.75) is 44.4 Å². The first-order valence-corrected chi connectivity index (χ1v) is 10.8. The molecule has 6 heteroatoms. The average molecular weight is 387 g/mol. The molecule has 4 N–H and O–H groups in total. The lowest BCUT2D eigenvalue weighted by molar-refractivity contribution is 0.462. The molecule has 0 bridgehead atoms. The molecule has 1 aliphatic carbocycles. The third kappa shape index (κ3) is 2.99. The summed E-state index contributed by atoms with van der Waals surface area (Å²) in [5.41, 5.74) is 8.32. The highest BCUT2D eigenvalue weighted by Gasteiger charge is 2.20. The summed E-state index contributed by atoms with van der Waals surface area (Å²) in [6.45, 7) is 2.18. The second kappa shape index (κ2) is 6.88. The van der Waals surface area contributed by atoms with E-state index in [4.69, 9.17) is 9.97 Å². The molecule has 6 rings (SSSR count). The van der Waals surface area contributed by atoms with Crippen molar-refractivity contribution < 1.29 is 0 Å². The highest BCUT2D eigenvalue weighted by Crippen LogP contribution is 2.32. The minimum atomic E-state index is 0.597. The lowest BCUT2D eigenvalue weighted by atomic mass is 9.91. The number of rotatable bonds is 3. The molecule has 2 aliphatic rings. The Kier molecular flexibility index (Phi) is 4.04. The Morgan fingerprint density at radius 1 is 1.07 bits per heavy atom. The zero-order valence-electron chi connectivity index (χ0n) is 16.5. The van der Waals surface area contributed by atoms with Gasteiger partial charge in [0, 0.05) is 17.3 Å². The van der Waals surface area contributed by atoms with Crippen LogP contribution in [-0.2, 0) is 12.8 Å². The zero-order chi connectivity index (χ0) is 19.2. The van der Waals surface area contributed by atoms with E-state index >= 15 is 0 Å². The lowest BCUT2D eigenvalue weighted by Gasteiger charge is -2.21. The van der Waals surface area contributed by atoms with Crippen LogP contribution in [0.5, 0.6) is 0 Å². The molecule has 5 heterocycles. The number of piperidine rings is 1. The molecule has 148 valence electrons. The fourth-order valence-corrected chi connectivity index (χ4v) is 5.04. The topological polar surface area (TPSA) is 81.4 Å². The summed E-state index contributed by atoms with van der Waals surface area (Å²) in [7, 11) is 0. The van der Waals surface area contributed by atoms with E-state index in [9.17, 15) is 0 Å². The number of hydrogen-bond donors (Lipinski definition) is 4. The minimum absolute atomic E-state index is 0.597. The van der Waals surface area contributed by atoms with Crippen molar-refractivity contribution in [3.8, 4) is 0 Å². The smallest absolute Gasteiger partial charge is 0.140 e. The molecule has 6 nitrogen and oxygen atoms in total. The van der Waals surface area contributed by atoms with E-state index < -0.39 is 0 Å². The van der Waals surface area contributed by atoms with Gasteiger partial charge in [-0.3, -0.25) is 4.98 Å². The van der Waals surface area contributed by atoms with Crippen LogP contribution >= 0.6 is 0 Å². The molecule has 0 atom stereocenters. The molecule has 1 fully saturated rings. The SMILES string of the molecule is c1nc2c(C3CCNCC3)c[nH]c2cc1Nc1ccc2c3c([nH]c2n1)CCCC3. The van der Waals surface area contributed by atoms with Gasteiger partial charge in [-0.15, -0.1) is 0 Å². The Bertz CT molecular complexity index is 1180. The fourth-order valence-electron chi connectivity index (χ4n) is 5.04. The average Bonchev–Trinajstić information content (AvgIpc) is 3.35. The van der Waals surface area contributed by atoms with E-state index in [0.29, 0.717) is 5.92 Å². The Labute approximate surface area is 169 Å². The molecule has 0 unspecified atom stereocenters. The molecular formula is C23H26N6. The number of pyridine rings is 2. The van der Waals surface area contributed by atoms with Gasteiger partial charge in [-0.1, -0.05) is 0 Å². The standard InChI is InChI=1S/C23H26N6/c1-2-4-19-16(3-1)17-5-6-21(29-23(17)28-19)27-15-11-20-22(26-12-15)18(13-25-20)14-7-9-24-10-8-14/h5-6,11-14,24-25H,1-4,7-10H2,(H2,27,28,29). The van der Waals surface area contributed by atoms with Crippen molar-refractivity contribution >= 4 is 33.6 Å². The number of aryl methyl sites for hydroxylation is 2. The summed E-state index contributed by atoms with van der Waals surface area (Å²) in [5, 5.41) is 8.15. The zero-order valence-corrected chi connectivity index (χ0v) is 16.5. The maximum atomic E-state index is 4.82. The molecule has 4 aromatic heterocycles. The van der Waals surface area contributed by atoms with Gasteiger partial charge in [0.1, 0.15) is 11.5 Å². The maximum Gasteiger partial charge on any atom is 0.140 e. The maximum absolute atomic E-state index is 4.82. The van der Waals surface area contributed by atoms with E-state index in [1.54, 1.807) is 0 Å². The monoisotopic (exact) mass is 386 g/mol. The van der Waals surface area contributed by atoms with Crippen LogP contribution in [0.2, 0.25) is 0 Å². The van der Waals surface area contributed by atoms with Gasteiger partial charge in [0.25, 0.3) is 0 Å². The van der Waals surface area contributed by atoms with Crippen molar-refractivity contribution in [3.05, 3.63) is 47.4 Å². The number of nitrogens with zero attached hydrogens (tertiary/aromatic N) is 2. The molecule has 0 radical (unpaired) electrons. The normalized spacial score (nSPS) is 17.7. The van der Waals surface area contributed by atoms with E-state index in [0.717, 1.165) is 54.1 Å². The Balaban J connectivity index is 1.28. The van der Waals surface area contributed by atoms with Crippen LogP contribution in [-0.4, -0.2) is 33.0 Å². The van der Waals surface area contributed by atoms with E-state index in [2.05, 4.69) is 45.0 Å². The molecule has 0 aromatic carbocycles. The summed E-state index contributed by atoms with van der Waals surface area (Å²) < 4.78 is 0. The van der Waals surface area contributed by atoms with Gasteiger partial charge in [-0.25, -0.2) is 4.98 Å². The van der Waals surface area contributed by atoms with Gasteiger partial charge in [0.15, 0.2) is 0 Å². The molecule has 0 spiro atoms. The summed E-state index contributed by atoms with van der Waals surface area (Å²) >= 11 is 0. The van der Waals surface area contributed by atoms with Crippen LogP contribution < -0.4 is 10.6 Å². The summed E-state index contributed by atoms with van der Waals surface area (Å²) in [4.78, 5) is 16.6. The number of aromatic amines is 2. The third-order valence-corrected chi connectivity index (χ3v) is 6.55. The van der Waals surface area contributed by atoms with E-state index in [1.165, 1.54) is 47.9 Å². The molecular weight excluding hydrogens is 360 g/mol. The molecule has 0 saturated carbocycles. The summed E-state index contributed by atoms with van der Waals surface area (Å²) in [6, 6.07) is 6.41. The van der Waals surface area contributed by atoms with Gasteiger partial charge in [-0.05, 0) is 86.9 Å². The van der Waals surface area contributed by atoms with Gasteiger partial charge >= 0.3 is 0 Å². The van der Waals surface area contributed by atoms with Crippen LogP contribution in [0.15, 0.2) is 30.6 Å². The second-order valence-electron chi connectivity index (χ2n) is 8.40. The molecule has 4 aromatic rings. The number of hydrogen-bond acceptors (Lipinski definition) is 4. The van der Waals surface area contributed by atoms with E-state index in [1.807, 2.05) is 6.20 Å². The van der Waals surface area contributed by atoms with E-state index in [-0.39, 0.29) is 0 Å². The summed E-state index contributed by atoms with van der Waals surface area (Å²) in [6.07, 6.45) is 11.3. The highest BCUT2D eigenvalue weighted by atomic mass is 15.0. The lowest BCUT2D eigenvalue weighted by Crippen LogP contribution is -2.26. The first-order valence-electron chi connectivity index (χ1n) is 10.8. The van der Waals surface area contributed by atoms with Crippen LogP contribution in [0.25, 0.3) is 22.1 Å². The van der Waals surface area contributed by atoms with Crippen molar-refractivity contribution in [2.75, 3.05) is 18.4 Å². The van der Waals surface area contributed by atoms with Gasteiger partial charge < -0.3 is 20.6 Å². The van der Waals surface area contributed by atoms with Gasteiger partial charge in [0.05, 0.1) is 22.9 Å². The number of anilines is 2. The van der Waals surface area contributed by atoms with Gasteiger partial charge in [-0.2, -0.15) is 0 Å². The molecule has 1 aliphatic heterocycles. The fraction of sp³-hybridized carbons (Fsp3) is 0.391. The molecule has 0 amide bonds. The second-order valence-corrected chi connectivity index (χ2v) is 8.40. The molecule has 1 saturated heterocycles. The Morgan fingerprint density at radius 2 is 1.97 bits per heavy atom. The third-order valence-electron chi connectivity index (χ3n) is 6.55. The van der Waals surface area contributed by atoms with Gasteiger partial charge in [0.2, 0.25) is 0 Å².